The molecule has 1 N–H and O–H groups in total. The fourth-order valence-electron chi connectivity index (χ4n) is 3.42. The van der Waals surface area contributed by atoms with Gasteiger partial charge in [0.05, 0.1) is 0 Å². The molecule has 0 fully saturated rings. The van der Waals surface area contributed by atoms with Gasteiger partial charge >= 0.3 is 6.18 Å². The Morgan fingerprint density at radius 3 is 2.65 bits per heavy atom. The third-order valence-electron chi connectivity index (χ3n) is 5.00. The van der Waals surface area contributed by atoms with Crippen molar-refractivity contribution in [3.05, 3.63) is 46.5 Å². The van der Waals surface area contributed by atoms with Crippen LogP contribution in [0.3, 0.4) is 0 Å². The highest BCUT2D eigenvalue weighted by Crippen LogP contribution is 2.30. The van der Waals surface area contributed by atoms with Crippen molar-refractivity contribution in [1.82, 2.24) is 24.9 Å². The van der Waals surface area contributed by atoms with E-state index in [0.717, 1.165) is 10.1 Å². The summed E-state index contributed by atoms with van der Waals surface area (Å²) in [6, 6.07) is 5.48. The maximum atomic E-state index is 12.9. The van der Waals surface area contributed by atoms with E-state index in [-0.39, 0.29) is 18.1 Å². The third kappa shape index (κ3) is 4.39. The maximum absolute atomic E-state index is 12.9. The summed E-state index contributed by atoms with van der Waals surface area (Å²) in [7, 11) is 0. The van der Waals surface area contributed by atoms with Crippen LogP contribution in [0.25, 0.3) is 5.78 Å². The predicted octanol–water partition coefficient (Wildman–Crippen LogP) is 2.78. The number of nitrogens with one attached hydrogen (secondary N) is 1. The lowest BCUT2D eigenvalue weighted by Gasteiger charge is -2.19. The van der Waals surface area contributed by atoms with Gasteiger partial charge < -0.3 is 14.8 Å². The van der Waals surface area contributed by atoms with Crippen LogP contribution in [0, 0.1) is 13.8 Å². The number of fused-ring (bicyclic) bond motifs is 2. The van der Waals surface area contributed by atoms with Gasteiger partial charge in [0.15, 0.2) is 11.5 Å². The lowest BCUT2D eigenvalue weighted by molar-refractivity contribution is -0.144. The molecule has 0 saturated carbocycles. The van der Waals surface area contributed by atoms with Gasteiger partial charge in [0, 0.05) is 24.4 Å². The van der Waals surface area contributed by atoms with Crippen molar-refractivity contribution in [3.63, 3.8) is 0 Å². The Labute approximate surface area is 175 Å². The minimum atomic E-state index is -4.65. The molecule has 11 heteroatoms. The number of aryl methyl sites for hydroxylation is 2. The zero-order valence-electron chi connectivity index (χ0n) is 16.9. The Hall–Kier alpha value is -3.37. The van der Waals surface area contributed by atoms with Crippen LogP contribution in [-0.2, 0) is 23.9 Å². The monoisotopic (exact) mass is 435 g/mol. The van der Waals surface area contributed by atoms with Crippen molar-refractivity contribution in [2.75, 3.05) is 13.2 Å². The lowest BCUT2D eigenvalue weighted by Crippen LogP contribution is -2.23. The zero-order chi connectivity index (χ0) is 22.2. The van der Waals surface area contributed by atoms with Crippen LogP contribution in [0.4, 0.5) is 13.2 Å². The minimum Gasteiger partial charge on any atom is -0.486 e. The zero-order valence-corrected chi connectivity index (χ0v) is 16.9. The predicted molar refractivity (Wildman–Crippen MR) is 103 cm³/mol. The smallest absolute Gasteiger partial charge is 0.453 e. The minimum absolute atomic E-state index is 0.117. The van der Waals surface area contributed by atoms with Crippen LogP contribution >= 0.6 is 0 Å². The summed E-state index contributed by atoms with van der Waals surface area (Å²) in [5, 5.41) is 6.36. The number of benzene rings is 1. The van der Waals surface area contributed by atoms with E-state index in [4.69, 9.17) is 9.47 Å². The standard InChI is InChI=1S/C20H20F3N5O3/c1-11-14(12(2)28-19(25-11)26-18(27-28)20(21,22)23)4-6-17(29)24-10-13-3-5-15-16(9-13)31-8-7-30-15/h3,5,9H,4,6-8,10H2,1-2H3,(H,24,29). The van der Waals surface area contributed by atoms with Crippen LogP contribution in [0.2, 0.25) is 0 Å². The molecule has 0 atom stereocenters. The highest BCUT2D eigenvalue weighted by molar-refractivity contribution is 5.76. The summed E-state index contributed by atoms with van der Waals surface area (Å²) >= 11 is 0. The highest BCUT2D eigenvalue weighted by Gasteiger charge is 2.37. The Morgan fingerprint density at radius 2 is 1.90 bits per heavy atom. The first-order valence-electron chi connectivity index (χ1n) is 9.67. The average molecular weight is 435 g/mol. The molecule has 0 aliphatic carbocycles. The molecule has 3 aromatic rings. The largest absolute Gasteiger partial charge is 0.486 e. The molecule has 1 amide bonds. The van der Waals surface area contributed by atoms with Crippen molar-refractivity contribution in [3.8, 4) is 11.5 Å². The van der Waals surface area contributed by atoms with Gasteiger partial charge in [-0.2, -0.15) is 18.2 Å². The molecule has 1 aliphatic rings. The molecule has 0 unspecified atom stereocenters. The van der Waals surface area contributed by atoms with E-state index in [0.29, 0.717) is 54.6 Å². The number of hydrogen-bond acceptors (Lipinski definition) is 6. The van der Waals surface area contributed by atoms with E-state index in [1.54, 1.807) is 19.9 Å². The van der Waals surface area contributed by atoms with Crippen LogP contribution in [0.15, 0.2) is 18.2 Å². The molecule has 0 radical (unpaired) electrons. The molecule has 3 heterocycles. The van der Waals surface area contributed by atoms with Crippen molar-refractivity contribution >= 4 is 11.7 Å². The molecule has 1 aliphatic heterocycles. The number of rotatable bonds is 5. The van der Waals surface area contributed by atoms with Crippen molar-refractivity contribution in [1.29, 1.82) is 0 Å². The molecule has 1 aromatic carbocycles. The van der Waals surface area contributed by atoms with Crippen LogP contribution in [-0.4, -0.2) is 38.7 Å². The lowest BCUT2D eigenvalue weighted by atomic mass is 10.1. The summed E-state index contributed by atoms with van der Waals surface area (Å²) in [4.78, 5) is 19.9. The number of hydrogen-bond donors (Lipinski definition) is 1. The molecule has 0 spiro atoms. The van der Waals surface area contributed by atoms with Gasteiger partial charge in [-0.15, -0.1) is 5.10 Å². The van der Waals surface area contributed by atoms with E-state index in [1.807, 2.05) is 12.1 Å². The topological polar surface area (TPSA) is 90.6 Å². The van der Waals surface area contributed by atoms with Gasteiger partial charge in [0.25, 0.3) is 11.6 Å². The van der Waals surface area contributed by atoms with Gasteiger partial charge in [-0.3, -0.25) is 4.79 Å². The molecule has 0 saturated heterocycles. The van der Waals surface area contributed by atoms with Gasteiger partial charge in [-0.25, -0.2) is 9.50 Å². The molecule has 4 rings (SSSR count). The highest BCUT2D eigenvalue weighted by atomic mass is 19.4. The average Bonchev–Trinajstić information content (AvgIpc) is 3.16. The molecular formula is C20H20F3N5O3. The second-order valence-corrected chi connectivity index (χ2v) is 7.16. The maximum Gasteiger partial charge on any atom is 0.453 e. The SMILES string of the molecule is Cc1nc2nc(C(F)(F)F)nn2c(C)c1CCC(=O)NCc1ccc2c(c1)OCCO2. The summed E-state index contributed by atoms with van der Waals surface area (Å²) in [6.45, 7) is 4.63. The Balaban J connectivity index is 1.41. The number of halogens is 3. The van der Waals surface area contributed by atoms with Crippen LogP contribution < -0.4 is 14.8 Å². The van der Waals surface area contributed by atoms with Gasteiger partial charge in [-0.05, 0) is 43.5 Å². The van der Waals surface area contributed by atoms with Crippen LogP contribution in [0.5, 0.6) is 11.5 Å². The van der Waals surface area contributed by atoms with E-state index in [2.05, 4.69) is 20.4 Å². The summed E-state index contributed by atoms with van der Waals surface area (Å²) in [5.41, 5.74) is 2.53. The molecule has 0 bridgehead atoms. The first kappa shape index (κ1) is 20.9. The number of carbonyl (C=O) groups is 1. The number of aromatic nitrogens is 4. The molecule has 8 nitrogen and oxygen atoms in total. The quantitative estimate of drug-likeness (QED) is 0.663. The van der Waals surface area contributed by atoms with E-state index in [1.165, 1.54) is 0 Å². The number of nitrogens with zero attached hydrogens (tertiary/aromatic N) is 4. The van der Waals surface area contributed by atoms with Gasteiger partial charge in [0.2, 0.25) is 5.91 Å². The van der Waals surface area contributed by atoms with Crippen LogP contribution in [0.1, 0.15) is 34.8 Å². The number of alkyl halides is 3. The first-order valence-corrected chi connectivity index (χ1v) is 9.67. The molecule has 164 valence electrons. The first-order chi connectivity index (χ1) is 14.7. The Morgan fingerprint density at radius 1 is 1.16 bits per heavy atom. The second kappa shape index (κ2) is 8.05. The third-order valence-corrected chi connectivity index (χ3v) is 5.00. The summed E-state index contributed by atoms with van der Waals surface area (Å²) in [6.07, 6.45) is -4.18. The summed E-state index contributed by atoms with van der Waals surface area (Å²) < 4.78 is 50.8. The van der Waals surface area contributed by atoms with E-state index in [9.17, 15) is 18.0 Å². The van der Waals surface area contributed by atoms with Crippen molar-refractivity contribution in [2.24, 2.45) is 0 Å². The number of carbonyl (C=O) groups excluding carboxylic acids is 1. The number of ether oxygens (including phenoxy) is 2. The van der Waals surface area contributed by atoms with E-state index >= 15 is 0 Å². The van der Waals surface area contributed by atoms with Crippen molar-refractivity contribution < 1.29 is 27.4 Å². The molecule has 2 aromatic heterocycles. The normalized spacial score (nSPS) is 13.5. The Kier molecular flexibility index (Phi) is 5.42. The van der Waals surface area contributed by atoms with Gasteiger partial charge in [0.1, 0.15) is 13.2 Å². The molecule has 31 heavy (non-hydrogen) atoms. The fourth-order valence-corrected chi connectivity index (χ4v) is 3.42. The second-order valence-electron chi connectivity index (χ2n) is 7.16. The molecular weight excluding hydrogens is 415 g/mol. The summed E-state index contributed by atoms with van der Waals surface area (Å²) in [5.74, 6) is -0.221. The Bertz CT molecular complexity index is 1140. The number of amides is 1. The van der Waals surface area contributed by atoms with E-state index < -0.39 is 12.0 Å². The van der Waals surface area contributed by atoms with Gasteiger partial charge in [-0.1, -0.05) is 6.07 Å². The fraction of sp³-hybridized carbons (Fsp3) is 0.400. The van der Waals surface area contributed by atoms with Crippen molar-refractivity contribution in [2.45, 2.75) is 39.4 Å².